The molecule has 1 heterocycles. The summed E-state index contributed by atoms with van der Waals surface area (Å²) < 4.78 is 0. The summed E-state index contributed by atoms with van der Waals surface area (Å²) in [5.41, 5.74) is 0.480. The maximum atomic E-state index is 12.3. The maximum absolute atomic E-state index is 12.3. The van der Waals surface area contributed by atoms with Gasteiger partial charge in [-0.15, -0.1) is 0 Å². The number of hydrogen-bond acceptors (Lipinski definition) is 4. The molecule has 6 heteroatoms. The zero-order valence-electron chi connectivity index (χ0n) is 13.8. The summed E-state index contributed by atoms with van der Waals surface area (Å²) in [7, 11) is 0. The minimum absolute atomic E-state index is 0.0209. The van der Waals surface area contributed by atoms with E-state index in [0.717, 1.165) is 26.2 Å². The maximum Gasteiger partial charge on any atom is 0.276 e. The number of carbonyl (C=O) groups is 1. The number of nitro benzene ring substituents is 1. The third-order valence-corrected chi connectivity index (χ3v) is 5.01. The molecule has 0 unspecified atom stereocenters. The number of para-hydroxylation sites is 1. The number of amides is 1. The molecule has 0 radical (unpaired) electrons. The van der Waals surface area contributed by atoms with Gasteiger partial charge in [-0.3, -0.25) is 19.8 Å². The van der Waals surface area contributed by atoms with Crippen molar-refractivity contribution >= 4 is 17.7 Å². The SMILES string of the molecule is O=C(/C=C/c1ccccc1[N+](=O)[O-])N1CCN(C2CCCC2)CC1. The molecule has 128 valence electrons. The van der Waals surface area contributed by atoms with E-state index in [1.807, 2.05) is 4.90 Å². The van der Waals surface area contributed by atoms with Gasteiger partial charge in [-0.25, -0.2) is 0 Å². The van der Waals surface area contributed by atoms with Gasteiger partial charge in [0.15, 0.2) is 0 Å². The molecule has 0 N–H and O–H groups in total. The van der Waals surface area contributed by atoms with Crippen LogP contribution in [0.4, 0.5) is 5.69 Å². The number of benzene rings is 1. The van der Waals surface area contributed by atoms with E-state index in [1.54, 1.807) is 24.3 Å². The number of piperazine rings is 1. The molecule has 3 rings (SSSR count). The standard InChI is InChI=1S/C18H23N3O3/c22-18(10-9-15-5-1-4-8-17(15)21(23)24)20-13-11-19(12-14-20)16-6-2-3-7-16/h1,4-5,8-10,16H,2-3,6-7,11-14H2/b10-9+. The van der Waals surface area contributed by atoms with Gasteiger partial charge in [0.2, 0.25) is 5.91 Å². The highest BCUT2D eigenvalue weighted by molar-refractivity contribution is 5.92. The quantitative estimate of drug-likeness (QED) is 0.484. The van der Waals surface area contributed by atoms with Crippen LogP contribution in [0.5, 0.6) is 0 Å². The zero-order chi connectivity index (χ0) is 16.9. The first-order valence-electron chi connectivity index (χ1n) is 8.59. The van der Waals surface area contributed by atoms with Gasteiger partial charge in [-0.2, -0.15) is 0 Å². The molecule has 0 bridgehead atoms. The molecule has 1 aliphatic carbocycles. The lowest BCUT2D eigenvalue weighted by Crippen LogP contribution is -2.51. The van der Waals surface area contributed by atoms with Crippen molar-refractivity contribution in [2.45, 2.75) is 31.7 Å². The minimum Gasteiger partial charge on any atom is -0.337 e. The highest BCUT2D eigenvalue weighted by Crippen LogP contribution is 2.24. The van der Waals surface area contributed by atoms with E-state index < -0.39 is 4.92 Å². The van der Waals surface area contributed by atoms with E-state index in [-0.39, 0.29) is 11.6 Å². The van der Waals surface area contributed by atoms with Crippen LogP contribution in [-0.2, 0) is 4.79 Å². The van der Waals surface area contributed by atoms with E-state index >= 15 is 0 Å². The third-order valence-electron chi connectivity index (χ3n) is 5.01. The Hall–Kier alpha value is -2.21. The molecule has 0 atom stereocenters. The smallest absolute Gasteiger partial charge is 0.276 e. The summed E-state index contributed by atoms with van der Waals surface area (Å²) in [5, 5.41) is 11.0. The van der Waals surface area contributed by atoms with Gasteiger partial charge in [0.1, 0.15) is 0 Å². The van der Waals surface area contributed by atoms with Crippen molar-refractivity contribution in [3.63, 3.8) is 0 Å². The molecule has 0 aromatic heterocycles. The van der Waals surface area contributed by atoms with E-state index in [1.165, 1.54) is 37.8 Å². The van der Waals surface area contributed by atoms with Gasteiger partial charge >= 0.3 is 0 Å². The molecule has 2 aliphatic rings. The fraction of sp³-hybridized carbons (Fsp3) is 0.500. The molecular formula is C18H23N3O3. The number of nitro groups is 1. The molecule has 1 aliphatic heterocycles. The molecule has 6 nitrogen and oxygen atoms in total. The van der Waals surface area contributed by atoms with Gasteiger partial charge in [0.25, 0.3) is 5.69 Å². The summed E-state index contributed by atoms with van der Waals surface area (Å²) in [6.45, 7) is 3.32. The number of nitrogens with zero attached hydrogens (tertiary/aromatic N) is 3. The van der Waals surface area contributed by atoms with E-state index in [9.17, 15) is 14.9 Å². The molecular weight excluding hydrogens is 306 g/mol. The fourth-order valence-corrected chi connectivity index (χ4v) is 3.64. The van der Waals surface area contributed by atoms with E-state index in [0.29, 0.717) is 11.6 Å². The Morgan fingerprint density at radius 3 is 2.46 bits per heavy atom. The summed E-state index contributed by atoms with van der Waals surface area (Å²) in [6, 6.07) is 7.16. The van der Waals surface area contributed by atoms with Gasteiger partial charge < -0.3 is 4.90 Å². The average molecular weight is 329 g/mol. The second-order valence-electron chi connectivity index (χ2n) is 6.45. The van der Waals surface area contributed by atoms with Crippen LogP contribution in [-0.4, -0.2) is 52.9 Å². The van der Waals surface area contributed by atoms with Gasteiger partial charge in [0, 0.05) is 44.4 Å². The summed E-state index contributed by atoms with van der Waals surface area (Å²) in [6.07, 6.45) is 8.21. The van der Waals surface area contributed by atoms with Crippen LogP contribution in [0.3, 0.4) is 0 Å². The molecule has 2 fully saturated rings. The van der Waals surface area contributed by atoms with Crippen molar-refractivity contribution < 1.29 is 9.72 Å². The Morgan fingerprint density at radius 1 is 1.12 bits per heavy atom. The fourth-order valence-electron chi connectivity index (χ4n) is 3.64. The Bertz CT molecular complexity index is 630. The molecule has 0 spiro atoms. The first-order valence-corrected chi connectivity index (χ1v) is 8.59. The topological polar surface area (TPSA) is 66.7 Å². The highest BCUT2D eigenvalue weighted by Gasteiger charge is 2.27. The Labute approximate surface area is 141 Å². The predicted octanol–water partition coefficient (Wildman–Crippen LogP) is 2.69. The lowest BCUT2D eigenvalue weighted by Gasteiger charge is -2.37. The lowest BCUT2D eigenvalue weighted by atomic mass is 10.1. The second kappa shape index (κ2) is 7.57. The number of hydrogen-bond donors (Lipinski definition) is 0. The van der Waals surface area contributed by atoms with Crippen molar-refractivity contribution in [3.05, 3.63) is 46.0 Å². The lowest BCUT2D eigenvalue weighted by molar-refractivity contribution is -0.385. The van der Waals surface area contributed by atoms with E-state index in [4.69, 9.17) is 0 Å². The number of rotatable bonds is 4. The van der Waals surface area contributed by atoms with Crippen LogP contribution in [0.15, 0.2) is 30.3 Å². The minimum atomic E-state index is -0.426. The van der Waals surface area contributed by atoms with Crippen molar-refractivity contribution in [1.82, 2.24) is 9.80 Å². The van der Waals surface area contributed by atoms with Crippen molar-refractivity contribution in [1.29, 1.82) is 0 Å². The monoisotopic (exact) mass is 329 g/mol. The van der Waals surface area contributed by atoms with E-state index in [2.05, 4.69) is 4.90 Å². The van der Waals surface area contributed by atoms with Gasteiger partial charge in [-0.05, 0) is 25.0 Å². The Morgan fingerprint density at radius 2 is 1.79 bits per heavy atom. The highest BCUT2D eigenvalue weighted by atomic mass is 16.6. The van der Waals surface area contributed by atoms with Crippen molar-refractivity contribution in [2.24, 2.45) is 0 Å². The number of carbonyl (C=O) groups excluding carboxylic acids is 1. The summed E-state index contributed by atoms with van der Waals surface area (Å²) >= 11 is 0. The Kier molecular flexibility index (Phi) is 5.25. The molecule has 24 heavy (non-hydrogen) atoms. The van der Waals surface area contributed by atoms with Crippen LogP contribution in [0.1, 0.15) is 31.2 Å². The molecule has 1 saturated carbocycles. The predicted molar refractivity (Wildman–Crippen MR) is 92.5 cm³/mol. The van der Waals surface area contributed by atoms with Gasteiger partial charge in [0.05, 0.1) is 10.5 Å². The first kappa shape index (κ1) is 16.6. The van der Waals surface area contributed by atoms with Crippen LogP contribution in [0.2, 0.25) is 0 Å². The van der Waals surface area contributed by atoms with Crippen LogP contribution in [0, 0.1) is 10.1 Å². The Balaban J connectivity index is 1.57. The zero-order valence-corrected chi connectivity index (χ0v) is 13.8. The van der Waals surface area contributed by atoms with Crippen LogP contribution >= 0.6 is 0 Å². The average Bonchev–Trinajstić information content (AvgIpc) is 3.14. The van der Waals surface area contributed by atoms with Crippen LogP contribution < -0.4 is 0 Å². The first-order chi connectivity index (χ1) is 11.6. The van der Waals surface area contributed by atoms with Crippen LogP contribution in [0.25, 0.3) is 6.08 Å². The molecule has 1 aromatic rings. The van der Waals surface area contributed by atoms with Crippen molar-refractivity contribution in [3.8, 4) is 0 Å². The summed E-state index contributed by atoms with van der Waals surface area (Å²) in [5.74, 6) is -0.0702. The summed E-state index contributed by atoms with van der Waals surface area (Å²) in [4.78, 5) is 27.2. The largest absolute Gasteiger partial charge is 0.337 e. The molecule has 1 aromatic carbocycles. The molecule has 1 saturated heterocycles. The second-order valence-corrected chi connectivity index (χ2v) is 6.45. The molecule has 1 amide bonds. The normalized spacial score (nSPS) is 19.9. The third kappa shape index (κ3) is 3.82. The van der Waals surface area contributed by atoms with Gasteiger partial charge in [-0.1, -0.05) is 25.0 Å². The van der Waals surface area contributed by atoms with Crippen molar-refractivity contribution in [2.75, 3.05) is 26.2 Å².